The summed E-state index contributed by atoms with van der Waals surface area (Å²) in [6, 6.07) is 16.3. The summed E-state index contributed by atoms with van der Waals surface area (Å²) in [5.74, 6) is -0.0759. The van der Waals surface area contributed by atoms with Crippen LogP contribution in [0.25, 0.3) is 43.1 Å². The van der Waals surface area contributed by atoms with Gasteiger partial charge < -0.3 is 0 Å². The SMILES string of the molecule is CCC(C)N1C(=O)c2ccc3c4ccc5c6c(ccc(c7ccc(c2c37)C1=S)c64)C(=O)N(CC)C5=S. The van der Waals surface area contributed by atoms with Crippen LogP contribution in [0.5, 0.6) is 0 Å². The smallest absolute Gasteiger partial charge is 0.259 e. The highest BCUT2D eigenvalue weighted by molar-refractivity contribution is 7.81. The minimum Gasteiger partial charge on any atom is -0.299 e. The monoisotopic (exact) mass is 506 g/mol. The molecule has 2 amide bonds. The molecule has 0 N–H and O–H groups in total. The van der Waals surface area contributed by atoms with Crippen LogP contribution in [0.1, 0.15) is 59.0 Å². The van der Waals surface area contributed by atoms with Gasteiger partial charge in [0.2, 0.25) is 0 Å². The highest BCUT2D eigenvalue weighted by Crippen LogP contribution is 2.46. The number of thiocarbonyl (C=S) groups is 2. The Morgan fingerprint density at radius 3 is 1.56 bits per heavy atom. The van der Waals surface area contributed by atoms with Crippen LogP contribution in [0.4, 0.5) is 0 Å². The molecule has 176 valence electrons. The second-order valence-electron chi connectivity index (χ2n) is 9.73. The van der Waals surface area contributed by atoms with E-state index in [4.69, 9.17) is 24.4 Å². The van der Waals surface area contributed by atoms with Crippen LogP contribution in [0, 0.1) is 0 Å². The van der Waals surface area contributed by atoms with Gasteiger partial charge in [-0.3, -0.25) is 19.4 Å². The molecule has 0 spiro atoms. The Labute approximate surface area is 218 Å². The largest absolute Gasteiger partial charge is 0.299 e. The second-order valence-corrected chi connectivity index (χ2v) is 10.5. The molecule has 0 radical (unpaired) electrons. The van der Waals surface area contributed by atoms with Crippen molar-refractivity contribution in [1.29, 1.82) is 0 Å². The molecule has 0 saturated carbocycles. The van der Waals surface area contributed by atoms with Crippen molar-refractivity contribution in [2.75, 3.05) is 6.54 Å². The van der Waals surface area contributed by atoms with E-state index in [1.165, 1.54) is 0 Å². The summed E-state index contributed by atoms with van der Waals surface area (Å²) in [6.07, 6.45) is 0.830. The molecule has 5 aromatic carbocycles. The summed E-state index contributed by atoms with van der Waals surface area (Å²) in [5, 5.41) is 8.21. The lowest BCUT2D eigenvalue weighted by molar-refractivity contribution is 0.0809. The van der Waals surface area contributed by atoms with Crippen molar-refractivity contribution < 1.29 is 9.59 Å². The molecule has 1 unspecified atom stereocenters. The topological polar surface area (TPSA) is 40.6 Å². The predicted octanol–water partition coefficient (Wildman–Crippen LogP) is 6.82. The van der Waals surface area contributed by atoms with Crippen LogP contribution in [0.2, 0.25) is 0 Å². The lowest BCUT2D eigenvalue weighted by Crippen LogP contribution is -2.45. The van der Waals surface area contributed by atoms with Gasteiger partial charge in [-0.2, -0.15) is 0 Å². The number of amides is 2. The third kappa shape index (κ3) is 2.43. The maximum atomic E-state index is 13.6. The van der Waals surface area contributed by atoms with Gasteiger partial charge in [0.25, 0.3) is 11.8 Å². The molecule has 4 nitrogen and oxygen atoms in total. The second kappa shape index (κ2) is 7.28. The van der Waals surface area contributed by atoms with Crippen LogP contribution >= 0.6 is 24.4 Å². The van der Waals surface area contributed by atoms with Crippen molar-refractivity contribution in [3.8, 4) is 0 Å². The molecule has 5 aromatic rings. The van der Waals surface area contributed by atoms with Gasteiger partial charge in [-0.25, -0.2) is 0 Å². The van der Waals surface area contributed by atoms with Crippen LogP contribution in [0.15, 0.2) is 48.5 Å². The van der Waals surface area contributed by atoms with E-state index in [1.54, 1.807) is 9.80 Å². The number of rotatable bonds is 3. The number of fused-ring (bicyclic) bond motifs is 2. The Kier molecular flexibility index (Phi) is 4.40. The van der Waals surface area contributed by atoms with Gasteiger partial charge in [0, 0.05) is 45.6 Å². The predicted molar refractivity (Wildman–Crippen MR) is 154 cm³/mol. The molecule has 0 aliphatic carbocycles. The average molecular weight is 507 g/mol. The molecule has 2 aliphatic rings. The van der Waals surface area contributed by atoms with E-state index in [-0.39, 0.29) is 17.9 Å². The first-order chi connectivity index (χ1) is 17.4. The molecule has 0 fully saturated rings. The summed E-state index contributed by atoms with van der Waals surface area (Å²) in [6.45, 7) is 6.60. The van der Waals surface area contributed by atoms with Gasteiger partial charge in [-0.1, -0.05) is 67.8 Å². The van der Waals surface area contributed by atoms with E-state index in [1.807, 2.05) is 38.1 Å². The van der Waals surface area contributed by atoms with E-state index in [9.17, 15) is 9.59 Å². The molecular formula is C30H22N2O2S2. The fourth-order valence-corrected chi connectivity index (χ4v) is 7.02. The Morgan fingerprint density at radius 1 is 0.639 bits per heavy atom. The van der Waals surface area contributed by atoms with Gasteiger partial charge in [0.1, 0.15) is 9.98 Å². The number of hydrogen-bond donors (Lipinski definition) is 0. The average Bonchev–Trinajstić information content (AvgIpc) is 2.89. The summed E-state index contributed by atoms with van der Waals surface area (Å²) in [5.41, 5.74) is 3.25. The highest BCUT2D eigenvalue weighted by atomic mass is 32.1. The molecule has 7 rings (SSSR count). The van der Waals surface area contributed by atoms with E-state index in [0.29, 0.717) is 27.6 Å². The maximum absolute atomic E-state index is 13.6. The van der Waals surface area contributed by atoms with Gasteiger partial charge in [0.15, 0.2) is 0 Å². The van der Waals surface area contributed by atoms with Crippen LogP contribution in [-0.2, 0) is 0 Å². The fraction of sp³-hybridized carbons (Fsp3) is 0.200. The summed E-state index contributed by atoms with van der Waals surface area (Å²) >= 11 is 11.6. The van der Waals surface area contributed by atoms with Gasteiger partial charge >= 0.3 is 0 Å². The van der Waals surface area contributed by atoms with E-state index in [0.717, 1.165) is 60.6 Å². The highest BCUT2D eigenvalue weighted by Gasteiger charge is 2.35. The van der Waals surface area contributed by atoms with Crippen molar-refractivity contribution in [1.82, 2.24) is 9.80 Å². The molecule has 6 heteroatoms. The van der Waals surface area contributed by atoms with Crippen molar-refractivity contribution in [2.45, 2.75) is 33.2 Å². The van der Waals surface area contributed by atoms with Gasteiger partial charge in [-0.15, -0.1) is 0 Å². The first-order valence-electron chi connectivity index (χ1n) is 12.3. The van der Waals surface area contributed by atoms with Crippen molar-refractivity contribution >= 4 is 89.3 Å². The summed E-state index contributed by atoms with van der Waals surface area (Å²) < 4.78 is 0. The zero-order chi connectivity index (χ0) is 25.0. The van der Waals surface area contributed by atoms with Crippen molar-refractivity contribution in [2.24, 2.45) is 0 Å². The number of hydrogen-bond acceptors (Lipinski definition) is 4. The van der Waals surface area contributed by atoms with Gasteiger partial charge in [-0.05, 0) is 64.7 Å². The lowest BCUT2D eigenvalue weighted by Gasteiger charge is -2.34. The van der Waals surface area contributed by atoms with Crippen LogP contribution < -0.4 is 0 Å². The first kappa shape index (κ1) is 21.8. The first-order valence-corrected chi connectivity index (χ1v) is 13.1. The number of benzene rings is 5. The number of nitrogens with zero attached hydrogens (tertiary/aromatic N) is 2. The maximum Gasteiger partial charge on any atom is 0.259 e. The molecule has 2 heterocycles. The van der Waals surface area contributed by atoms with Gasteiger partial charge in [0.05, 0.1) is 0 Å². The lowest BCUT2D eigenvalue weighted by atomic mass is 9.82. The number of carbonyl (C=O) groups is 2. The van der Waals surface area contributed by atoms with Crippen molar-refractivity contribution in [3.63, 3.8) is 0 Å². The minimum atomic E-state index is -0.0455. The molecule has 1 atom stereocenters. The fourth-order valence-electron chi connectivity index (χ4n) is 6.21. The normalized spacial score (nSPS) is 16.4. The van der Waals surface area contributed by atoms with E-state index >= 15 is 0 Å². The van der Waals surface area contributed by atoms with Crippen molar-refractivity contribution in [3.05, 3.63) is 70.8 Å². The Morgan fingerprint density at radius 2 is 1.08 bits per heavy atom. The molecule has 0 saturated heterocycles. The van der Waals surface area contributed by atoms with Crippen LogP contribution in [-0.4, -0.2) is 44.2 Å². The quantitative estimate of drug-likeness (QED) is 0.153. The van der Waals surface area contributed by atoms with Crippen LogP contribution in [0.3, 0.4) is 0 Å². The zero-order valence-corrected chi connectivity index (χ0v) is 21.8. The standard InChI is InChI=1S/C30H22N2O2S2/c1-4-14(3)32-28(34)20-11-7-16-17-8-12-21-25-19(27(33)31(5-2)29(21)35)10-6-15(23(17)25)18-9-13-22(30(32)36)26(20)24(16)18/h6-14H,4-5H2,1-3H3. The Hall–Kier alpha value is -3.48. The minimum absolute atomic E-state index is 0.0291. The molecular weight excluding hydrogens is 484 g/mol. The van der Waals surface area contributed by atoms with E-state index in [2.05, 4.69) is 31.2 Å². The Bertz CT molecular complexity index is 1750. The zero-order valence-electron chi connectivity index (χ0n) is 20.1. The summed E-state index contributed by atoms with van der Waals surface area (Å²) in [4.78, 5) is 31.6. The Balaban J connectivity index is 1.65. The molecule has 36 heavy (non-hydrogen) atoms. The number of carbonyl (C=O) groups excluding carboxylic acids is 2. The molecule has 0 aromatic heterocycles. The molecule has 2 aliphatic heterocycles. The summed E-state index contributed by atoms with van der Waals surface area (Å²) in [7, 11) is 0. The molecule has 0 bridgehead atoms. The third-order valence-corrected chi connectivity index (χ3v) is 8.96. The van der Waals surface area contributed by atoms with E-state index < -0.39 is 0 Å². The third-order valence-electron chi connectivity index (χ3n) is 8.10.